The molecule has 7 heteroatoms. The summed E-state index contributed by atoms with van der Waals surface area (Å²) in [6.07, 6.45) is 0. The van der Waals surface area contributed by atoms with Gasteiger partial charge in [-0.1, -0.05) is 0 Å². The Balaban J connectivity index is 2.37. The average Bonchev–Trinajstić information content (AvgIpc) is 2.55. The van der Waals surface area contributed by atoms with Crippen molar-refractivity contribution in [2.75, 3.05) is 19.3 Å². The van der Waals surface area contributed by atoms with Crippen LogP contribution in [0.4, 0.5) is 0 Å². The third kappa shape index (κ3) is 3.58. The molecule has 0 aromatic carbocycles. The molecule has 3 N–H and O–H groups in total. The van der Waals surface area contributed by atoms with Gasteiger partial charge in [0.15, 0.2) is 0 Å². The summed E-state index contributed by atoms with van der Waals surface area (Å²) in [7, 11) is -1.70. The molecule has 1 aromatic heterocycles. The van der Waals surface area contributed by atoms with E-state index in [9.17, 15) is 8.42 Å². The van der Waals surface area contributed by atoms with Crippen LogP contribution in [0.25, 0.3) is 0 Å². The Labute approximate surface area is 95.9 Å². The lowest BCUT2D eigenvalue weighted by Gasteiger charge is -2.05. The Bertz CT molecular complexity index is 419. The molecular weight excluding hydrogens is 228 g/mol. The topological polar surface area (TPSA) is 86.9 Å². The molecule has 0 aliphatic carbocycles. The predicted molar refractivity (Wildman–Crippen MR) is 62.6 cm³/mol. The number of hydrogen-bond acceptors (Lipinski definition) is 4. The second-order valence-corrected chi connectivity index (χ2v) is 5.66. The highest BCUT2D eigenvalue weighted by molar-refractivity contribution is 7.89. The number of aromatic amines is 1. The zero-order chi connectivity index (χ0) is 12.2. The maximum atomic E-state index is 11.1. The highest BCUT2D eigenvalue weighted by Gasteiger charge is 2.08. The Hall–Kier alpha value is -0.920. The van der Waals surface area contributed by atoms with Gasteiger partial charge in [-0.2, -0.15) is 5.10 Å². The molecule has 92 valence electrons. The van der Waals surface area contributed by atoms with Crippen molar-refractivity contribution in [2.45, 2.75) is 20.4 Å². The Morgan fingerprint density at radius 1 is 1.38 bits per heavy atom. The average molecular weight is 246 g/mol. The van der Waals surface area contributed by atoms with Gasteiger partial charge in [-0.15, -0.1) is 0 Å². The van der Waals surface area contributed by atoms with Crippen molar-refractivity contribution in [1.82, 2.24) is 20.2 Å². The lowest BCUT2D eigenvalue weighted by molar-refractivity contribution is 0.583. The van der Waals surface area contributed by atoms with Gasteiger partial charge in [0.05, 0.1) is 11.4 Å². The second kappa shape index (κ2) is 5.42. The molecule has 1 heterocycles. The van der Waals surface area contributed by atoms with Crippen molar-refractivity contribution in [3.63, 3.8) is 0 Å². The predicted octanol–water partition coefficient (Wildman–Crippen LogP) is -0.335. The summed E-state index contributed by atoms with van der Waals surface area (Å²) in [5, 5.41) is 10.0. The van der Waals surface area contributed by atoms with E-state index in [0.717, 1.165) is 17.0 Å². The van der Waals surface area contributed by atoms with Crippen molar-refractivity contribution in [3.8, 4) is 0 Å². The van der Waals surface area contributed by atoms with E-state index in [1.54, 1.807) is 0 Å². The van der Waals surface area contributed by atoms with Gasteiger partial charge in [0.2, 0.25) is 10.0 Å². The van der Waals surface area contributed by atoms with Crippen molar-refractivity contribution in [2.24, 2.45) is 0 Å². The number of sulfonamides is 1. The van der Waals surface area contributed by atoms with E-state index < -0.39 is 10.0 Å². The summed E-state index contributed by atoms with van der Waals surface area (Å²) in [5.41, 5.74) is 3.06. The monoisotopic (exact) mass is 246 g/mol. The number of nitrogens with one attached hydrogen (secondary N) is 3. The van der Waals surface area contributed by atoms with Gasteiger partial charge in [0.25, 0.3) is 0 Å². The maximum Gasteiger partial charge on any atom is 0.212 e. The van der Waals surface area contributed by atoms with Gasteiger partial charge in [-0.25, -0.2) is 13.1 Å². The molecule has 0 spiro atoms. The molecule has 0 saturated heterocycles. The normalized spacial score (nSPS) is 11.9. The minimum absolute atomic E-state index is 0.0828. The van der Waals surface area contributed by atoms with Crippen molar-refractivity contribution in [3.05, 3.63) is 17.0 Å². The summed E-state index contributed by atoms with van der Waals surface area (Å²) < 4.78 is 24.5. The van der Waals surface area contributed by atoms with Gasteiger partial charge in [-0.3, -0.25) is 5.10 Å². The molecule has 0 atom stereocenters. The summed E-state index contributed by atoms with van der Waals surface area (Å²) in [6, 6.07) is 0. The van der Waals surface area contributed by atoms with Crippen LogP contribution in [0.5, 0.6) is 0 Å². The molecule has 0 unspecified atom stereocenters. The lowest BCUT2D eigenvalue weighted by atomic mass is 10.2. The first kappa shape index (κ1) is 13.1. The third-order valence-corrected chi connectivity index (χ3v) is 3.80. The molecule has 0 radical (unpaired) electrons. The zero-order valence-corrected chi connectivity index (χ0v) is 10.6. The molecule has 0 aliphatic rings. The van der Waals surface area contributed by atoms with E-state index in [-0.39, 0.29) is 5.75 Å². The number of aryl methyl sites for hydroxylation is 2. The minimum Gasteiger partial charge on any atom is -0.311 e. The van der Waals surface area contributed by atoms with Crippen molar-refractivity contribution >= 4 is 10.0 Å². The quantitative estimate of drug-likeness (QED) is 0.600. The molecule has 1 aromatic rings. The van der Waals surface area contributed by atoms with Crippen LogP contribution in [0.1, 0.15) is 17.0 Å². The fourth-order valence-electron chi connectivity index (χ4n) is 1.36. The van der Waals surface area contributed by atoms with E-state index in [1.807, 2.05) is 13.8 Å². The Kier molecular flexibility index (Phi) is 4.45. The fraction of sp³-hybridized carbons (Fsp3) is 0.667. The first-order valence-electron chi connectivity index (χ1n) is 5.08. The molecule has 0 amide bonds. The first-order valence-corrected chi connectivity index (χ1v) is 6.74. The number of rotatable bonds is 6. The summed E-state index contributed by atoms with van der Waals surface area (Å²) in [4.78, 5) is 0. The van der Waals surface area contributed by atoms with Gasteiger partial charge in [-0.05, 0) is 20.9 Å². The first-order chi connectivity index (χ1) is 7.46. The molecule has 0 saturated carbocycles. The summed E-state index contributed by atoms with van der Waals surface area (Å²) in [5.74, 6) is 0.0828. The molecule has 0 bridgehead atoms. The number of nitrogens with zero attached hydrogens (tertiary/aromatic N) is 1. The van der Waals surface area contributed by atoms with Crippen LogP contribution in [0, 0.1) is 13.8 Å². The highest BCUT2D eigenvalue weighted by Crippen LogP contribution is 2.07. The maximum absolute atomic E-state index is 11.1. The van der Waals surface area contributed by atoms with Gasteiger partial charge in [0.1, 0.15) is 0 Å². The van der Waals surface area contributed by atoms with E-state index in [1.165, 1.54) is 7.05 Å². The summed E-state index contributed by atoms with van der Waals surface area (Å²) >= 11 is 0. The lowest BCUT2D eigenvalue weighted by Crippen LogP contribution is -2.29. The third-order valence-electron chi connectivity index (χ3n) is 2.44. The Morgan fingerprint density at radius 3 is 2.56 bits per heavy atom. The molecule has 0 fully saturated rings. The highest BCUT2D eigenvalue weighted by atomic mass is 32.2. The smallest absolute Gasteiger partial charge is 0.212 e. The van der Waals surface area contributed by atoms with Crippen LogP contribution in [0.2, 0.25) is 0 Å². The zero-order valence-electron chi connectivity index (χ0n) is 9.79. The van der Waals surface area contributed by atoms with Gasteiger partial charge in [0, 0.05) is 24.3 Å². The number of hydrogen-bond donors (Lipinski definition) is 3. The van der Waals surface area contributed by atoms with Crippen LogP contribution in [0.15, 0.2) is 0 Å². The van der Waals surface area contributed by atoms with Crippen molar-refractivity contribution < 1.29 is 8.42 Å². The van der Waals surface area contributed by atoms with Crippen molar-refractivity contribution in [1.29, 1.82) is 0 Å². The SMILES string of the molecule is CNS(=O)(=O)CCNCc1c(C)n[nH]c1C. The van der Waals surface area contributed by atoms with Crippen LogP contribution >= 0.6 is 0 Å². The second-order valence-electron chi connectivity index (χ2n) is 3.61. The van der Waals surface area contributed by atoms with Crippen LogP contribution in [0.3, 0.4) is 0 Å². The summed E-state index contributed by atoms with van der Waals surface area (Å²) in [6.45, 7) is 4.92. The van der Waals surface area contributed by atoms with E-state index in [4.69, 9.17) is 0 Å². The van der Waals surface area contributed by atoms with Gasteiger partial charge >= 0.3 is 0 Å². The minimum atomic E-state index is -3.12. The van der Waals surface area contributed by atoms with Crippen LogP contribution < -0.4 is 10.0 Å². The fourth-order valence-corrected chi connectivity index (χ4v) is 1.97. The van der Waals surface area contributed by atoms with E-state index in [2.05, 4.69) is 20.2 Å². The van der Waals surface area contributed by atoms with Crippen LogP contribution in [-0.4, -0.2) is 38.0 Å². The number of H-pyrrole nitrogens is 1. The van der Waals surface area contributed by atoms with E-state index >= 15 is 0 Å². The number of aromatic nitrogens is 2. The van der Waals surface area contributed by atoms with E-state index in [0.29, 0.717) is 13.1 Å². The molecule has 0 aliphatic heterocycles. The molecule has 6 nitrogen and oxygen atoms in total. The van der Waals surface area contributed by atoms with Crippen LogP contribution in [-0.2, 0) is 16.6 Å². The largest absolute Gasteiger partial charge is 0.311 e. The Morgan fingerprint density at radius 2 is 2.06 bits per heavy atom. The molecular formula is C9H18N4O2S. The standard InChI is InChI=1S/C9H18N4O2S/c1-7-9(8(2)13-12-7)6-11-4-5-16(14,15)10-3/h10-11H,4-6H2,1-3H3,(H,12,13). The molecule has 16 heavy (non-hydrogen) atoms. The molecule has 1 rings (SSSR count). The van der Waals surface area contributed by atoms with Gasteiger partial charge < -0.3 is 5.32 Å².